The van der Waals surface area contributed by atoms with Gasteiger partial charge in [0.15, 0.2) is 31.1 Å². The number of rotatable bonds is 23. The normalized spacial score (nSPS) is 36.8. The van der Waals surface area contributed by atoms with Crippen LogP contribution in [0.25, 0.3) is 12.2 Å². The minimum absolute atomic E-state index is 0.0988. The van der Waals surface area contributed by atoms with Crippen LogP contribution in [0.15, 0.2) is 91.0 Å². The number of phenols is 1. The van der Waals surface area contributed by atoms with E-state index in [9.17, 15) is 90.4 Å². The van der Waals surface area contributed by atoms with Crippen molar-refractivity contribution < 1.29 is 157 Å². The van der Waals surface area contributed by atoms with Gasteiger partial charge in [0.1, 0.15) is 129 Å². The summed E-state index contributed by atoms with van der Waals surface area (Å²) >= 11 is 0. The molecule has 3 aromatic rings. The molecule has 3 aromatic carbocycles. The molecule has 5 heterocycles. The van der Waals surface area contributed by atoms with Crippen molar-refractivity contribution >= 4 is 42.0 Å². The van der Waals surface area contributed by atoms with E-state index in [1.807, 2.05) is 0 Å². The predicted octanol–water partition coefficient (Wildman–Crippen LogP) is -4.30. The number of aliphatic hydroxyl groups is 12. The van der Waals surface area contributed by atoms with Crippen molar-refractivity contribution in [2.24, 2.45) is 0 Å². The van der Waals surface area contributed by atoms with Gasteiger partial charge in [-0.15, -0.1) is 0 Å². The van der Waals surface area contributed by atoms with E-state index in [-0.39, 0.29) is 22.6 Å². The van der Waals surface area contributed by atoms with E-state index in [0.717, 1.165) is 26.0 Å². The first-order chi connectivity index (χ1) is 43.3. The zero-order chi connectivity index (χ0) is 66.0. The van der Waals surface area contributed by atoms with E-state index in [1.165, 1.54) is 91.9 Å². The van der Waals surface area contributed by atoms with E-state index in [0.29, 0.717) is 5.56 Å². The minimum Gasteiger partial charge on any atom is -0.508 e. The Morgan fingerprint density at radius 1 is 0.505 bits per heavy atom. The third-order valence-electron chi connectivity index (χ3n) is 15.1. The molecule has 0 spiro atoms. The van der Waals surface area contributed by atoms with Gasteiger partial charge in [-0.2, -0.15) is 0 Å². The van der Waals surface area contributed by atoms with Crippen molar-refractivity contribution in [1.82, 2.24) is 0 Å². The Labute approximate surface area is 517 Å². The van der Waals surface area contributed by atoms with Crippen molar-refractivity contribution in [2.75, 3.05) is 33.0 Å². The number of aromatic hydroxyl groups is 1. The van der Waals surface area contributed by atoms with Crippen LogP contribution in [-0.2, 0) is 80.8 Å². The molecule has 0 saturated carbocycles. The number of phenolic OH excluding ortho intramolecular Hbond substituents is 1. The van der Waals surface area contributed by atoms with Gasteiger partial charge in [-0.05, 0) is 66.6 Å². The van der Waals surface area contributed by atoms with Gasteiger partial charge in [0.05, 0.1) is 24.9 Å². The summed E-state index contributed by atoms with van der Waals surface area (Å²) in [5.74, 6) is -8.48. The van der Waals surface area contributed by atoms with Crippen LogP contribution in [0.2, 0.25) is 0 Å². The smallest absolute Gasteiger partial charge is 0.338 e. The number of ether oxygens (including phenoxy) is 14. The van der Waals surface area contributed by atoms with Crippen LogP contribution in [0.3, 0.4) is 0 Å². The van der Waals surface area contributed by atoms with Gasteiger partial charge in [-0.3, -0.25) is 9.59 Å². The van der Waals surface area contributed by atoms with E-state index in [2.05, 4.69) is 0 Å². The molecule has 0 amide bonds. The van der Waals surface area contributed by atoms with Gasteiger partial charge < -0.3 is 133 Å². The lowest BCUT2D eigenvalue weighted by molar-refractivity contribution is -0.421. The van der Waals surface area contributed by atoms with Gasteiger partial charge in [-0.1, -0.05) is 42.5 Å². The molecule has 500 valence electrons. The van der Waals surface area contributed by atoms with E-state index in [4.69, 9.17) is 66.3 Å². The molecule has 5 aliphatic rings. The number of hydrogen-bond acceptors (Lipinski definition) is 32. The second kappa shape index (κ2) is 31.3. The summed E-state index contributed by atoms with van der Waals surface area (Å²) in [5, 5.41) is 141. The Morgan fingerprint density at radius 2 is 1.02 bits per heavy atom. The average Bonchev–Trinajstić information content (AvgIpc) is 1.73. The summed E-state index contributed by atoms with van der Waals surface area (Å²) in [6, 6.07) is 18.3. The fourth-order valence-corrected chi connectivity index (χ4v) is 10.2. The molecule has 0 radical (unpaired) electrons. The van der Waals surface area contributed by atoms with Crippen LogP contribution in [0.4, 0.5) is 0 Å². The lowest BCUT2D eigenvalue weighted by Crippen LogP contribution is -2.69. The first kappa shape index (κ1) is 70.2. The van der Waals surface area contributed by atoms with Crippen LogP contribution in [0, 0.1) is 0 Å². The van der Waals surface area contributed by atoms with Crippen LogP contribution in [-0.4, -0.2) is 276 Å². The molecular weight excluding hydrogens is 1220 g/mol. The molecule has 0 aromatic heterocycles. The van der Waals surface area contributed by atoms with E-state index < -0.39 is 210 Å². The third kappa shape index (κ3) is 17.1. The monoisotopic (exact) mass is 1290 g/mol. The standard InChI is InChI=1S/C59H72O32/c1-26-40(67)44(71)47(74)55(81-26)82-33-17-11-30(12-18-33)14-20-39(66)86-50-37(24-79-28(3)63)85-58(52(88-56-48(75)45(72)41(68)34(21-60)83-56)51(50)87-57-49(76)46(73)42(69)36(84-57)23-78-27(2)62)91-59(25-80-38(65)19-13-29-9-15-32(64)16-10-29)53(43(70)35(22-61)90-59)89-54(77)31-7-5-4-6-8-31/h4-20,26,34-37,40-53,55-58,60-61,64,67-76H,21-25H2,1-3H3/b19-13+,20-14+/t26-,34+,35+,36+,37+,40-,41+,42+,43+,44+,45-,46-,47+,48+,49+,50+,51-,52+,53-,55-,56-,57-,58+,59-/m0/s1. The van der Waals surface area contributed by atoms with Gasteiger partial charge in [0.25, 0.3) is 0 Å². The molecule has 5 aliphatic heterocycles. The maximum absolute atomic E-state index is 14.4. The second-order valence-corrected chi connectivity index (χ2v) is 21.6. The van der Waals surface area contributed by atoms with Gasteiger partial charge >= 0.3 is 29.8 Å². The molecule has 8 rings (SSSR count). The van der Waals surface area contributed by atoms with E-state index in [1.54, 1.807) is 6.07 Å². The molecule has 0 aliphatic carbocycles. The first-order valence-electron chi connectivity index (χ1n) is 28.4. The largest absolute Gasteiger partial charge is 0.508 e. The summed E-state index contributed by atoms with van der Waals surface area (Å²) in [6.07, 6.45) is -41.2. The third-order valence-corrected chi connectivity index (χ3v) is 15.1. The van der Waals surface area contributed by atoms with E-state index >= 15 is 0 Å². The highest BCUT2D eigenvalue weighted by Crippen LogP contribution is 2.42. The summed E-state index contributed by atoms with van der Waals surface area (Å²) in [6.45, 7) is -1.71. The number of carbonyl (C=O) groups is 5. The maximum Gasteiger partial charge on any atom is 0.338 e. The highest BCUT2D eigenvalue weighted by molar-refractivity contribution is 5.90. The molecule has 24 atom stereocenters. The number of esters is 5. The van der Waals surface area contributed by atoms with Crippen molar-refractivity contribution in [1.29, 1.82) is 0 Å². The molecular formula is C59H72O32. The number of benzene rings is 3. The second-order valence-electron chi connectivity index (χ2n) is 21.6. The predicted molar refractivity (Wildman–Crippen MR) is 296 cm³/mol. The van der Waals surface area contributed by atoms with Gasteiger partial charge in [0, 0.05) is 26.0 Å². The molecule has 32 nitrogen and oxygen atoms in total. The molecule has 0 unspecified atom stereocenters. The summed E-state index contributed by atoms with van der Waals surface area (Å²) < 4.78 is 82.9. The van der Waals surface area contributed by atoms with Crippen LogP contribution in [0.1, 0.15) is 42.3 Å². The topological polar surface area (TPSA) is 478 Å². The van der Waals surface area contributed by atoms with Crippen molar-refractivity contribution in [2.45, 2.75) is 168 Å². The molecule has 32 heteroatoms. The SMILES string of the molecule is CC(=O)OC[C@H]1O[C@@H](O[C@@H]2[C@@H](O[C@@H]3O[C@H](CO)[C@@H](O)[C@H](O)[C@H]3O)[C@@H](O[C@]3(COC(=O)/C=C/c4ccc(O)cc4)O[C@H](CO)[C@@H](O)[C@@H]3OC(=O)c3ccccc3)O[C@H](COC(C)=O)[C@H]2OC(=O)/C=C/c2ccc(O[C@@H]3O[C@@H](C)[C@H](O)[C@@H](O)[C@H]3O)cc2)[C@H](O)[C@@H](O)[C@@H]1O. The fourth-order valence-electron chi connectivity index (χ4n) is 10.2. The van der Waals surface area contributed by atoms with Crippen molar-refractivity contribution in [3.8, 4) is 11.5 Å². The Morgan fingerprint density at radius 3 is 1.62 bits per heavy atom. The summed E-state index contributed by atoms with van der Waals surface area (Å²) in [7, 11) is 0. The van der Waals surface area contributed by atoms with Gasteiger partial charge in [0.2, 0.25) is 12.1 Å². The zero-order valence-electron chi connectivity index (χ0n) is 48.7. The van der Waals surface area contributed by atoms with Gasteiger partial charge in [-0.25, -0.2) is 14.4 Å². The van der Waals surface area contributed by atoms with Crippen molar-refractivity contribution in [3.63, 3.8) is 0 Å². The maximum atomic E-state index is 14.4. The van der Waals surface area contributed by atoms with Crippen LogP contribution in [0.5, 0.6) is 11.5 Å². The quantitative estimate of drug-likeness (QED) is 0.0243. The fraction of sp³-hybridized carbons (Fsp3) is 0.542. The highest BCUT2D eigenvalue weighted by atomic mass is 16.8. The minimum atomic E-state index is -2.95. The number of aliphatic hydroxyl groups excluding tert-OH is 12. The Balaban J connectivity index is 1.23. The lowest BCUT2D eigenvalue weighted by Gasteiger charge is -2.50. The van der Waals surface area contributed by atoms with Crippen LogP contribution < -0.4 is 4.74 Å². The number of carbonyl (C=O) groups excluding carboxylic acids is 5. The lowest BCUT2D eigenvalue weighted by atomic mass is 9.95. The molecule has 91 heavy (non-hydrogen) atoms. The molecule has 5 fully saturated rings. The molecule has 5 saturated heterocycles. The highest BCUT2D eigenvalue weighted by Gasteiger charge is 2.64. The summed E-state index contributed by atoms with van der Waals surface area (Å²) in [5.41, 5.74) is 0.521. The molecule has 13 N–H and O–H groups in total. The number of hydrogen-bond donors (Lipinski definition) is 13. The average molecular weight is 1290 g/mol. The first-order valence-corrected chi connectivity index (χ1v) is 28.4. The molecule has 0 bridgehead atoms. The van der Waals surface area contributed by atoms with Crippen LogP contribution >= 0.6 is 0 Å². The van der Waals surface area contributed by atoms with Crippen molar-refractivity contribution in [3.05, 3.63) is 108 Å². The Bertz CT molecular complexity index is 2950. The summed E-state index contributed by atoms with van der Waals surface area (Å²) in [4.78, 5) is 66.8. The Kier molecular flexibility index (Phi) is 24.1. The Hall–Kier alpha value is -6.71. The zero-order valence-corrected chi connectivity index (χ0v) is 48.7.